The van der Waals surface area contributed by atoms with Crippen LogP contribution in [0.2, 0.25) is 10.2 Å². The van der Waals surface area contributed by atoms with Crippen molar-refractivity contribution in [1.82, 2.24) is 25.0 Å². The van der Waals surface area contributed by atoms with Crippen LogP contribution in [0.15, 0.2) is 11.1 Å². The summed E-state index contributed by atoms with van der Waals surface area (Å²) in [5.41, 5.74) is 1.02. The predicted octanol–water partition coefficient (Wildman–Crippen LogP) is 2.02. The highest BCUT2D eigenvalue weighted by atomic mass is 35.5. The van der Waals surface area contributed by atoms with Gasteiger partial charge < -0.3 is 20.1 Å². The Morgan fingerprint density at radius 2 is 1.92 bits per heavy atom. The van der Waals surface area contributed by atoms with Gasteiger partial charge in [0, 0.05) is 58.6 Å². The van der Waals surface area contributed by atoms with Gasteiger partial charge >= 0.3 is 0 Å². The molecule has 2 N–H and O–H groups in total. The van der Waals surface area contributed by atoms with Crippen molar-refractivity contribution in [3.63, 3.8) is 0 Å². The van der Waals surface area contributed by atoms with Crippen LogP contribution in [-0.4, -0.2) is 72.7 Å². The Hall–Kier alpha value is -0.950. The number of aromatic nitrogens is 1. The summed E-state index contributed by atoms with van der Waals surface area (Å²) in [6.07, 6.45) is 0. The van der Waals surface area contributed by atoms with Gasteiger partial charge in [0.25, 0.3) is 0 Å². The molecule has 1 saturated heterocycles. The molecule has 1 aliphatic rings. The van der Waals surface area contributed by atoms with E-state index >= 15 is 0 Å². The molecule has 0 saturated carbocycles. The first-order valence-corrected chi connectivity index (χ1v) is 9.62. The van der Waals surface area contributed by atoms with Crippen LogP contribution in [0, 0.1) is 0 Å². The minimum absolute atomic E-state index is 0.469. The van der Waals surface area contributed by atoms with E-state index in [1.54, 1.807) is 7.05 Å². The molecule has 0 aromatic carbocycles. The second-order valence-corrected chi connectivity index (χ2v) is 7.22. The molecule has 0 amide bonds. The number of nitrogens with one attached hydrogen (secondary N) is 2. The topological polar surface area (TPSA) is 47.8 Å². The van der Waals surface area contributed by atoms with Crippen LogP contribution in [0.4, 0.5) is 0 Å². The molecule has 25 heavy (non-hydrogen) atoms. The maximum atomic E-state index is 6.11. The molecular weight excluding hydrogens is 359 g/mol. The van der Waals surface area contributed by atoms with Gasteiger partial charge in [0.2, 0.25) is 0 Å². The van der Waals surface area contributed by atoms with E-state index < -0.39 is 0 Å². The number of hydrogen-bond donors (Lipinski definition) is 2. The van der Waals surface area contributed by atoms with Crippen LogP contribution in [0.5, 0.6) is 0 Å². The van der Waals surface area contributed by atoms with Gasteiger partial charge in [0.15, 0.2) is 5.96 Å². The van der Waals surface area contributed by atoms with Gasteiger partial charge in [-0.3, -0.25) is 9.89 Å². The average Bonchev–Trinajstić information content (AvgIpc) is 2.88. The smallest absolute Gasteiger partial charge is 0.191 e. The van der Waals surface area contributed by atoms with Crippen molar-refractivity contribution in [1.29, 1.82) is 0 Å². The van der Waals surface area contributed by atoms with Gasteiger partial charge in [-0.15, -0.1) is 0 Å². The van der Waals surface area contributed by atoms with E-state index in [2.05, 4.69) is 39.3 Å². The number of aliphatic imine (C=N–C) groups is 1. The van der Waals surface area contributed by atoms with E-state index in [-0.39, 0.29) is 0 Å². The zero-order chi connectivity index (χ0) is 18.4. The average molecular weight is 389 g/mol. The van der Waals surface area contributed by atoms with Gasteiger partial charge in [-0.05, 0) is 19.5 Å². The van der Waals surface area contributed by atoms with E-state index in [0.717, 1.165) is 50.9 Å². The summed E-state index contributed by atoms with van der Waals surface area (Å²) in [6, 6.07) is 2.34. The number of nitrogens with zero attached hydrogens (tertiary/aromatic N) is 4. The summed E-state index contributed by atoms with van der Waals surface area (Å²) >= 11 is 12.2. The largest absolute Gasteiger partial charge is 0.355 e. The summed E-state index contributed by atoms with van der Waals surface area (Å²) < 4.78 is 1.88. The van der Waals surface area contributed by atoms with E-state index in [1.165, 1.54) is 0 Å². The third kappa shape index (κ3) is 5.51. The van der Waals surface area contributed by atoms with E-state index in [9.17, 15) is 0 Å². The van der Waals surface area contributed by atoms with Crippen molar-refractivity contribution in [2.24, 2.45) is 12.0 Å². The fourth-order valence-corrected chi connectivity index (χ4v) is 3.46. The number of rotatable bonds is 6. The molecule has 142 valence electrons. The Balaban J connectivity index is 1.77. The van der Waals surface area contributed by atoms with E-state index in [1.807, 2.05) is 17.7 Å². The van der Waals surface area contributed by atoms with Gasteiger partial charge in [0.05, 0.1) is 11.6 Å². The van der Waals surface area contributed by atoms with E-state index in [4.69, 9.17) is 23.2 Å². The molecule has 1 aromatic rings. The van der Waals surface area contributed by atoms with Crippen LogP contribution < -0.4 is 10.6 Å². The standard InChI is InChI=1S/C17H30Cl2N6/c1-5-24-6-8-25(9-7-24)13(2)11-21-17(20-3)22-12-14-10-15(18)16(19)23(14)4/h10,13H,5-9,11-12H2,1-4H3,(H2,20,21,22). The Morgan fingerprint density at radius 3 is 2.44 bits per heavy atom. The monoisotopic (exact) mass is 388 g/mol. The van der Waals surface area contributed by atoms with Crippen molar-refractivity contribution < 1.29 is 0 Å². The van der Waals surface area contributed by atoms with Crippen LogP contribution in [0.3, 0.4) is 0 Å². The fourth-order valence-electron chi connectivity index (χ4n) is 3.05. The highest BCUT2D eigenvalue weighted by Crippen LogP contribution is 2.24. The summed E-state index contributed by atoms with van der Waals surface area (Å²) in [7, 11) is 3.68. The lowest BCUT2D eigenvalue weighted by molar-refractivity contribution is 0.107. The highest BCUT2D eigenvalue weighted by Gasteiger charge is 2.20. The number of likely N-dealkylation sites (N-methyl/N-ethyl adjacent to an activating group) is 1. The molecule has 0 bridgehead atoms. The minimum Gasteiger partial charge on any atom is -0.355 e. The maximum absolute atomic E-state index is 6.11. The third-order valence-electron chi connectivity index (χ3n) is 4.92. The summed E-state index contributed by atoms with van der Waals surface area (Å²) in [5, 5.41) is 7.86. The first-order chi connectivity index (χ1) is 12.0. The second-order valence-electron chi connectivity index (χ2n) is 6.46. The summed E-state index contributed by atoms with van der Waals surface area (Å²) in [6.45, 7) is 11.7. The molecule has 6 nitrogen and oxygen atoms in total. The van der Waals surface area contributed by atoms with E-state index in [0.29, 0.717) is 22.8 Å². The molecule has 1 aromatic heterocycles. The lowest BCUT2D eigenvalue weighted by Crippen LogP contribution is -2.53. The predicted molar refractivity (Wildman–Crippen MR) is 107 cm³/mol. The van der Waals surface area contributed by atoms with Crippen molar-refractivity contribution in [3.8, 4) is 0 Å². The van der Waals surface area contributed by atoms with Crippen LogP contribution in [0.25, 0.3) is 0 Å². The summed E-state index contributed by atoms with van der Waals surface area (Å²) in [5.74, 6) is 0.785. The summed E-state index contributed by atoms with van der Waals surface area (Å²) in [4.78, 5) is 9.32. The van der Waals surface area contributed by atoms with Crippen LogP contribution in [0.1, 0.15) is 19.5 Å². The lowest BCUT2D eigenvalue weighted by atomic mass is 10.2. The van der Waals surface area contributed by atoms with Gasteiger partial charge in [-0.1, -0.05) is 30.1 Å². The molecule has 8 heteroatoms. The second kappa shape index (κ2) is 9.67. The quantitative estimate of drug-likeness (QED) is 0.578. The number of guanidine groups is 1. The van der Waals surface area contributed by atoms with Crippen molar-refractivity contribution in [2.75, 3.05) is 46.3 Å². The highest BCUT2D eigenvalue weighted by molar-refractivity contribution is 6.41. The number of hydrogen-bond acceptors (Lipinski definition) is 3. The van der Waals surface area contributed by atoms with Crippen molar-refractivity contribution in [3.05, 3.63) is 21.9 Å². The van der Waals surface area contributed by atoms with Crippen molar-refractivity contribution in [2.45, 2.75) is 26.4 Å². The molecule has 0 spiro atoms. The maximum Gasteiger partial charge on any atom is 0.191 e. The SMILES string of the molecule is CCN1CCN(C(C)CNC(=NC)NCc2cc(Cl)c(Cl)n2C)CC1. The number of piperazine rings is 1. The molecule has 1 atom stereocenters. The zero-order valence-electron chi connectivity index (χ0n) is 15.6. The van der Waals surface area contributed by atoms with Gasteiger partial charge in [-0.2, -0.15) is 0 Å². The molecule has 2 rings (SSSR count). The molecule has 0 radical (unpaired) electrons. The van der Waals surface area contributed by atoms with Gasteiger partial charge in [-0.25, -0.2) is 0 Å². The molecular formula is C17H30Cl2N6. The Labute approximate surface area is 161 Å². The molecule has 0 aliphatic carbocycles. The van der Waals surface area contributed by atoms with Gasteiger partial charge in [0.1, 0.15) is 5.15 Å². The minimum atomic E-state index is 0.469. The molecule has 1 unspecified atom stereocenters. The third-order valence-corrected chi connectivity index (χ3v) is 5.76. The first-order valence-electron chi connectivity index (χ1n) is 8.86. The fraction of sp³-hybridized carbons (Fsp3) is 0.706. The lowest BCUT2D eigenvalue weighted by Gasteiger charge is -2.37. The molecule has 2 heterocycles. The van der Waals surface area contributed by atoms with Crippen LogP contribution in [-0.2, 0) is 13.6 Å². The Bertz CT molecular complexity index is 578. The Kier molecular flexibility index (Phi) is 7.87. The zero-order valence-corrected chi connectivity index (χ0v) is 17.2. The van der Waals surface area contributed by atoms with Crippen molar-refractivity contribution >= 4 is 29.2 Å². The Morgan fingerprint density at radius 1 is 1.24 bits per heavy atom. The van der Waals surface area contributed by atoms with Crippen LogP contribution >= 0.6 is 23.2 Å². The normalized spacial score (nSPS) is 18.4. The number of halogens is 2. The first kappa shape index (κ1) is 20.4. The molecule has 1 fully saturated rings. The molecule has 1 aliphatic heterocycles.